The lowest BCUT2D eigenvalue weighted by Crippen LogP contribution is -2.27. The molecule has 5 heteroatoms. The van der Waals surface area contributed by atoms with E-state index >= 15 is 0 Å². The molecular weight excluding hydrogens is 336 g/mol. The molecule has 0 radical (unpaired) electrons. The molecule has 1 aliphatic rings. The summed E-state index contributed by atoms with van der Waals surface area (Å²) in [6.07, 6.45) is 9.91. The van der Waals surface area contributed by atoms with E-state index in [-0.39, 0.29) is 11.9 Å². The van der Waals surface area contributed by atoms with Crippen molar-refractivity contribution in [2.45, 2.75) is 45.6 Å². The summed E-state index contributed by atoms with van der Waals surface area (Å²) < 4.78 is 1.76. The van der Waals surface area contributed by atoms with Crippen LogP contribution < -0.4 is 5.32 Å². The predicted molar refractivity (Wildman–Crippen MR) is 105 cm³/mol. The zero-order valence-electron chi connectivity index (χ0n) is 15.8. The Labute approximate surface area is 159 Å². The second-order valence-electron chi connectivity index (χ2n) is 7.19. The summed E-state index contributed by atoms with van der Waals surface area (Å²) >= 11 is 0. The molecule has 0 aliphatic heterocycles. The molecule has 1 amide bonds. The minimum atomic E-state index is -0.0990. The number of carbonyl (C=O) groups is 1. The normalized spacial score (nSPS) is 14.4. The van der Waals surface area contributed by atoms with Gasteiger partial charge < -0.3 is 5.32 Å². The molecular formula is C22H24N4O. The van der Waals surface area contributed by atoms with Crippen molar-refractivity contribution in [2.75, 3.05) is 0 Å². The molecule has 1 unspecified atom stereocenters. The number of hydrogen-bond donors (Lipinski definition) is 1. The lowest BCUT2D eigenvalue weighted by atomic mass is 9.89. The predicted octanol–water partition coefficient (Wildman–Crippen LogP) is 3.95. The molecule has 0 spiro atoms. The molecule has 0 saturated heterocycles. The molecule has 0 saturated carbocycles. The molecule has 2 heterocycles. The molecule has 138 valence electrons. The van der Waals surface area contributed by atoms with Crippen LogP contribution in [0, 0.1) is 6.92 Å². The SMILES string of the molecule is Cc1c(C(=O)NC(C)c2ccc3c(c2)CCCC3)cnn1-c1ccncc1. The number of nitrogens with one attached hydrogen (secondary N) is 1. The summed E-state index contributed by atoms with van der Waals surface area (Å²) in [6.45, 7) is 3.94. The van der Waals surface area contributed by atoms with Gasteiger partial charge in [0.25, 0.3) is 5.91 Å². The summed E-state index contributed by atoms with van der Waals surface area (Å²) in [5, 5.41) is 7.49. The van der Waals surface area contributed by atoms with Gasteiger partial charge >= 0.3 is 0 Å². The van der Waals surface area contributed by atoms with Crippen molar-refractivity contribution in [3.63, 3.8) is 0 Å². The van der Waals surface area contributed by atoms with E-state index < -0.39 is 0 Å². The minimum absolute atomic E-state index is 0.0478. The lowest BCUT2D eigenvalue weighted by molar-refractivity contribution is 0.0939. The van der Waals surface area contributed by atoms with Crippen LogP contribution in [0.15, 0.2) is 48.9 Å². The molecule has 0 fully saturated rings. The molecule has 1 N–H and O–H groups in total. The Morgan fingerprint density at radius 3 is 2.63 bits per heavy atom. The van der Waals surface area contributed by atoms with Crippen LogP contribution in [-0.4, -0.2) is 20.7 Å². The zero-order valence-corrected chi connectivity index (χ0v) is 15.8. The highest BCUT2D eigenvalue weighted by Crippen LogP contribution is 2.25. The highest BCUT2D eigenvalue weighted by atomic mass is 16.1. The Bertz CT molecular complexity index is 962. The largest absolute Gasteiger partial charge is 0.345 e. The van der Waals surface area contributed by atoms with Gasteiger partial charge in [0, 0.05) is 12.4 Å². The average molecular weight is 360 g/mol. The van der Waals surface area contributed by atoms with Gasteiger partial charge in [-0.05, 0) is 68.4 Å². The first-order valence-electron chi connectivity index (χ1n) is 9.51. The van der Waals surface area contributed by atoms with E-state index in [1.165, 1.54) is 30.4 Å². The van der Waals surface area contributed by atoms with E-state index in [1.807, 2.05) is 26.0 Å². The number of fused-ring (bicyclic) bond motifs is 1. The topological polar surface area (TPSA) is 59.8 Å². The maximum atomic E-state index is 12.8. The van der Waals surface area contributed by atoms with Crippen LogP contribution in [-0.2, 0) is 12.8 Å². The van der Waals surface area contributed by atoms with Crippen molar-refractivity contribution < 1.29 is 4.79 Å². The summed E-state index contributed by atoms with van der Waals surface area (Å²) in [6, 6.07) is 10.3. The maximum Gasteiger partial charge on any atom is 0.255 e. The zero-order chi connectivity index (χ0) is 18.8. The number of nitrogens with zero attached hydrogens (tertiary/aromatic N) is 3. The maximum absolute atomic E-state index is 12.8. The Hall–Kier alpha value is -2.95. The first-order valence-corrected chi connectivity index (χ1v) is 9.51. The fraction of sp³-hybridized carbons (Fsp3) is 0.318. The van der Waals surface area contributed by atoms with Gasteiger partial charge in [-0.1, -0.05) is 18.2 Å². The number of rotatable bonds is 4. The minimum Gasteiger partial charge on any atom is -0.345 e. The third kappa shape index (κ3) is 3.50. The Balaban J connectivity index is 1.52. The van der Waals surface area contributed by atoms with E-state index in [0.717, 1.165) is 23.4 Å². The smallest absolute Gasteiger partial charge is 0.255 e. The Kier molecular flexibility index (Phi) is 4.75. The number of pyridine rings is 1. The van der Waals surface area contributed by atoms with Crippen LogP contribution in [0.2, 0.25) is 0 Å². The van der Waals surface area contributed by atoms with E-state index in [2.05, 4.69) is 33.6 Å². The summed E-state index contributed by atoms with van der Waals surface area (Å²) in [7, 11) is 0. The molecule has 4 rings (SSSR count). The molecule has 5 nitrogen and oxygen atoms in total. The monoisotopic (exact) mass is 360 g/mol. The van der Waals surface area contributed by atoms with E-state index in [9.17, 15) is 4.79 Å². The fourth-order valence-electron chi connectivity index (χ4n) is 3.76. The van der Waals surface area contributed by atoms with Gasteiger partial charge in [0.15, 0.2) is 0 Å². The molecule has 0 bridgehead atoms. The number of benzene rings is 1. The summed E-state index contributed by atoms with van der Waals surface area (Å²) in [5.74, 6) is -0.0990. The van der Waals surface area contributed by atoms with Gasteiger partial charge in [0.05, 0.1) is 29.2 Å². The fourth-order valence-corrected chi connectivity index (χ4v) is 3.76. The first-order chi connectivity index (χ1) is 13.1. The van der Waals surface area contributed by atoms with Gasteiger partial charge in [0.1, 0.15) is 0 Å². The van der Waals surface area contributed by atoms with Crippen molar-refractivity contribution in [1.82, 2.24) is 20.1 Å². The first kappa shape index (κ1) is 17.5. The quantitative estimate of drug-likeness (QED) is 0.766. The van der Waals surface area contributed by atoms with Crippen molar-refractivity contribution in [3.8, 4) is 5.69 Å². The summed E-state index contributed by atoms with van der Waals surface area (Å²) in [4.78, 5) is 16.8. The number of amides is 1. The van der Waals surface area contributed by atoms with Crippen LogP contribution in [0.4, 0.5) is 0 Å². The van der Waals surface area contributed by atoms with Gasteiger partial charge in [-0.25, -0.2) is 4.68 Å². The van der Waals surface area contributed by atoms with Gasteiger partial charge in [-0.2, -0.15) is 5.10 Å². The molecule has 1 aromatic carbocycles. The molecule has 3 aromatic rings. The van der Waals surface area contributed by atoms with Gasteiger partial charge in [-0.3, -0.25) is 9.78 Å². The average Bonchev–Trinajstić information content (AvgIpc) is 3.09. The van der Waals surface area contributed by atoms with Crippen molar-refractivity contribution in [3.05, 3.63) is 76.9 Å². The van der Waals surface area contributed by atoms with Crippen LogP contribution in [0.25, 0.3) is 5.69 Å². The van der Waals surface area contributed by atoms with Crippen molar-refractivity contribution >= 4 is 5.91 Å². The number of aryl methyl sites for hydroxylation is 2. The lowest BCUT2D eigenvalue weighted by Gasteiger charge is -2.20. The van der Waals surface area contributed by atoms with E-state index in [4.69, 9.17) is 0 Å². The third-order valence-corrected chi connectivity index (χ3v) is 5.38. The number of hydrogen-bond acceptors (Lipinski definition) is 3. The molecule has 1 atom stereocenters. The highest BCUT2D eigenvalue weighted by molar-refractivity contribution is 5.95. The van der Waals surface area contributed by atoms with Crippen molar-refractivity contribution in [1.29, 1.82) is 0 Å². The summed E-state index contributed by atoms with van der Waals surface area (Å²) in [5.41, 5.74) is 6.35. The second kappa shape index (κ2) is 7.35. The number of carbonyl (C=O) groups excluding carboxylic acids is 1. The van der Waals surface area contributed by atoms with Crippen LogP contribution in [0.3, 0.4) is 0 Å². The van der Waals surface area contributed by atoms with E-state index in [0.29, 0.717) is 5.56 Å². The highest BCUT2D eigenvalue weighted by Gasteiger charge is 2.18. The second-order valence-corrected chi connectivity index (χ2v) is 7.19. The Morgan fingerprint density at radius 2 is 1.85 bits per heavy atom. The van der Waals surface area contributed by atoms with Crippen LogP contribution in [0.5, 0.6) is 0 Å². The molecule has 1 aliphatic carbocycles. The molecule has 2 aromatic heterocycles. The standard InChI is InChI=1S/C22H24N4O/c1-15(18-8-7-17-5-3-4-6-19(17)13-18)25-22(27)21-14-24-26(16(21)2)20-9-11-23-12-10-20/h7-15H,3-6H2,1-2H3,(H,25,27). The van der Waals surface area contributed by atoms with Gasteiger partial charge in [0.2, 0.25) is 0 Å². The van der Waals surface area contributed by atoms with E-state index in [1.54, 1.807) is 23.3 Å². The van der Waals surface area contributed by atoms with Crippen molar-refractivity contribution in [2.24, 2.45) is 0 Å². The van der Waals surface area contributed by atoms with Crippen LogP contribution >= 0.6 is 0 Å². The van der Waals surface area contributed by atoms with Gasteiger partial charge in [-0.15, -0.1) is 0 Å². The number of aromatic nitrogens is 3. The third-order valence-electron chi connectivity index (χ3n) is 5.38. The van der Waals surface area contributed by atoms with Crippen LogP contribution in [0.1, 0.15) is 58.5 Å². The molecule has 27 heavy (non-hydrogen) atoms. The Morgan fingerprint density at radius 1 is 1.11 bits per heavy atom.